The van der Waals surface area contributed by atoms with Crippen molar-refractivity contribution in [2.24, 2.45) is 4.99 Å². The van der Waals surface area contributed by atoms with Crippen molar-refractivity contribution in [3.05, 3.63) is 18.2 Å². The van der Waals surface area contributed by atoms with Crippen molar-refractivity contribution in [2.45, 2.75) is 51.6 Å². The molecule has 1 heterocycles. The molecule has 0 aromatic heterocycles. The number of fused-ring (bicyclic) bond motifs is 1. The molecule has 1 saturated carbocycles. The second-order valence-corrected chi connectivity index (χ2v) is 8.50. The fourth-order valence-electron chi connectivity index (χ4n) is 2.80. The van der Waals surface area contributed by atoms with Gasteiger partial charge < -0.3 is 30.7 Å². The van der Waals surface area contributed by atoms with Gasteiger partial charge in [-0.1, -0.05) is 0 Å². The zero-order valence-corrected chi connectivity index (χ0v) is 17.8. The van der Waals surface area contributed by atoms with Crippen LogP contribution in [0.3, 0.4) is 0 Å². The van der Waals surface area contributed by atoms with Crippen LogP contribution in [0.25, 0.3) is 0 Å². The Kier molecular flexibility index (Phi) is 7.02. The fourth-order valence-corrected chi connectivity index (χ4v) is 2.80. The number of nitrogens with zero attached hydrogens (tertiary/aromatic N) is 1. The number of guanidine groups is 1. The Hall–Kier alpha value is -2.97. The van der Waals surface area contributed by atoms with Gasteiger partial charge in [0.2, 0.25) is 11.8 Å². The van der Waals surface area contributed by atoms with E-state index in [1.807, 2.05) is 39.0 Å². The highest BCUT2D eigenvalue weighted by atomic mass is 16.5. The Labute approximate surface area is 177 Å². The van der Waals surface area contributed by atoms with Gasteiger partial charge >= 0.3 is 0 Å². The lowest BCUT2D eigenvalue weighted by Gasteiger charge is -2.20. The third-order valence-electron chi connectivity index (χ3n) is 4.26. The molecule has 3 rings (SSSR count). The van der Waals surface area contributed by atoms with E-state index >= 15 is 0 Å². The summed E-state index contributed by atoms with van der Waals surface area (Å²) < 4.78 is 11.4. The Morgan fingerprint density at radius 2 is 1.83 bits per heavy atom. The number of hydrogen-bond acceptors (Lipinski definition) is 5. The maximum atomic E-state index is 12.1. The number of amides is 2. The van der Waals surface area contributed by atoms with E-state index in [0.717, 1.165) is 19.3 Å². The summed E-state index contributed by atoms with van der Waals surface area (Å²) in [4.78, 5) is 28.5. The van der Waals surface area contributed by atoms with Crippen LogP contribution in [0, 0.1) is 0 Å². The summed E-state index contributed by atoms with van der Waals surface area (Å²) in [5.41, 5.74) is 0.371. The molecule has 1 aromatic carbocycles. The van der Waals surface area contributed by atoms with Crippen LogP contribution >= 0.6 is 0 Å². The fraction of sp³-hybridized carbons (Fsp3) is 0.571. The lowest BCUT2D eigenvalue weighted by atomic mass is 10.1. The average molecular weight is 418 g/mol. The molecule has 1 aromatic rings. The van der Waals surface area contributed by atoms with E-state index in [-0.39, 0.29) is 36.5 Å². The number of ether oxygens (including phenoxy) is 2. The molecule has 0 atom stereocenters. The Balaban J connectivity index is 1.66. The molecule has 0 radical (unpaired) electrons. The van der Waals surface area contributed by atoms with E-state index in [4.69, 9.17) is 9.47 Å². The lowest BCUT2D eigenvalue weighted by Crippen LogP contribution is -2.43. The van der Waals surface area contributed by atoms with Gasteiger partial charge in [0, 0.05) is 29.8 Å². The van der Waals surface area contributed by atoms with Crippen molar-refractivity contribution < 1.29 is 19.1 Å². The lowest BCUT2D eigenvalue weighted by molar-refractivity contribution is -0.121. The molecule has 0 unspecified atom stereocenters. The van der Waals surface area contributed by atoms with Gasteiger partial charge in [0.05, 0.1) is 19.8 Å². The molecule has 4 N–H and O–H groups in total. The molecular weight excluding hydrogens is 386 g/mol. The first-order chi connectivity index (χ1) is 14.3. The first-order valence-corrected chi connectivity index (χ1v) is 10.3. The first-order valence-electron chi connectivity index (χ1n) is 10.3. The van der Waals surface area contributed by atoms with Crippen LogP contribution in [-0.4, -0.2) is 55.7 Å². The molecule has 2 aliphatic rings. The van der Waals surface area contributed by atoms with Crippen molar-refractivity contribution >= 4 is 23.5 Å². The Morgan fingerprint density at radius 3 is 2.53 bits per heavy atom. The second-order valence-electron chi connectivity index (χ2n) is 8.50. The third-order valence-corrected chi connectivity index (χ3v) is 4.26. The predicted molar refractivity (Wildman–Crippen MR) is 115 cm³/mol. The Bertz CT molecular complexity index is 799. The largest absolute Gasteiger partial charge is 0.490 e. The highest BCUT2D eigenvalue weighted by Gasteiger charge is 2.23. The van der Waals surface area contributed by atoms with Crippen molar-refractivity contribution in [2.75, 3.05) is 31.6 Å². The summed E-state index contributed by atoms with van der Waals surface area (Å²) in [6, 6.07) is 5.76. The van der Waals surface area contributed by atoms with Crippen molar-refractivity contribution in [1.82, 2.24) is 16.0 Å². The normalized spacial score (nSPS) is 16.3. The number of rotatable bonds is 6. The van der Waals surface area contributed by atoms with Gasteiger partial charge in [-0.25, -0.2) is 4.99 Å². The van der Waals surface area contributed by atoms with E-state index in [2.05, 4.69) is 26.3 Å². The molecule has 1 aliphatic carbocycles. The highest BCUT2D eigenvalue weighted by molar-refractivity contribution is 5.97. The van der Waals surface area contributed by atoms with Crippen molar-refractivity contribution in [1.29, 1.82) is 0 Å². The molecule has 1 aliphatic heterocycles. The van der Waals surface area contributed by atoms with Gasteiger partial charge in [-0.3, -0.25) is 9.59 Å². The monoisotopic (exact) mass is 417 g/mol. The number of hydrogen-bond donors (Lipinski definition) is 4. The SMILES string of the molecule is CC(C)(C)NC(=O)CN=C(NCC(=O)NC1CC1)Nc1ccc2c(c1)OCCCO2. The van der Waals surface area contributed by atoms with E-state index in [0.29, 0.717) is 36.4 Å². The number of anilines is 1. The quantitative estimate of drug-likeness (QED) is 0.411. The van der Waals surface area contributed by atoms with E-state index in [9.17, 15) is 9.59 Å². The highest BCUT2D eigenvalue weighted by Crippen LogP contribution is 2.32. The summed E-state index contributed by atoms with van der Waals surface area (Å²) in [5, 5.41) is 11.9. The van der Waals surface area contributed by atoms with E-state index < -0.39 is 0 Å². The molecule has 0 spiro atoms. The number of carbonyl (C=O) groups is 2. The molecular formula is C21H31N5O4. The van der Waals surface area contributed by atoms with Crippen LogP contribution in [0.15, 0.2) is 23.2 Å². The first kappa shape index (κ1) is 21.7. The minimum absolute atomic E-state index is 0.0633. The van der Waals surface area contributed by atoms with E-state index in [1.165, 1.54) is 0 Å². The zero-order valence-electron chi connectivity index (χ0n) is 17.8. The van der Waals surface area contributed by atoms with E-state index in [1.54, 1.807) is 0 Å². The van der Waals surface area contributed by atoms with Crippen molar-refractivity contribution in [3.8, 4) is 11.5 Å². The maximum Gasteiger partial charge on any atom is 0.242 e. The average Bonchev–Trinajstić information content (AvgIpc) is 3.49. The molecule has 164 valence electrons. The van der Waals surface area contributed by atoms with Crippen LogP contribution in [0.5, 0.6) is 11.5 Å². The van der Waals surface area contributed by atoms with Gasteiger partial charge in [0.15, 0.2) is 17.5 Å². The number of nitrogens with one attached hydrogen (secondary N) is 4. The maximum absolute atomic E-state index is 12.1. The van der Waals surface area contributed by atoms with Gasteiger partial charge in [0.1, 0.15) is 6.54 Å². The number of benzene rings is 1. The number of aliphatic imine (C=N–C) groups is 1. The third kappa shape index (κ3) is 7.46. The summed E-state index contributed by atoms with van der Waals surface area (Å²) >= 11 is 0. The van der Waals surface area contributed by atoms with Gasteiger partial charge in [0.25, 0.3) is 0 Å². The number of carbonyl (C=O) groups excluding carboxylic acids is 2. The predicted octanol–water partition coefficient (Wildman–Crippen LogP) is 1.40. The molecule has 2 amide bonds. The van der Waals surface area contributed by atoms with Crippen molar-refractivity contribution in [3.63, 3.8) is 0 Å². The minimum Gasteiger partial charge on any atom is -0.490 e. The molecule has 1 fully saturated rings. The summed E-state index contributed by atoms with van der Waals surface area (Å²) in [5.74, 6) is 1.36. The van der Waals surface area contributed by atoms with Crippen LogP contribution < -0.4 is 30.7 Å². The van der Waals surface area contributed by atoms with Crippen LogP contribution in [0.2, 0.25) is 0 Å². The summed E-state index contributed by atoms with van der Waals surface area (Å²) in [7, 11) is 0. The van der Waals surface area contributed by atoms with Crippen LogP contribution in [0.1, 0.15) is 40.0 Å². The van der Waals surface area contributed by atoms with Crippen LogP contribution in [0.4, 0.5) is 5.69 Å². The zero-order chi connectivity index (χ0) is 21.6. The van der Waals surface area contributed by atoms with Gasteiger partial charge in [-0.05, 0) is 45.7 Å². The Morgan fingerprint density at radius 1 is 1.10 bits per heavy atom. The molecule has 30 heavy (non-hydrogen) atoms. The molecule has 9 nitrogen and oxygen atoms in total. The second kappa shape index (κ2) is 9.69. The van der Waals surface area contributed by atoms with Gasteiger partial charge in [-0.15, -0.1) is 0 Å². The van der Waals surface area contributed by atoms with Crippen LogP contribution in [-0.2, 0) is 9.59 Å². The minimum atomic E-state index is -0.341. The summed E-state index contributed by atoms with van der Waals surface area (Å²) in [6.45, 7) is 6.93. The molecule has 9 heteroatoms. The standard InChI is InChI=1S/C21H31N5O4/c1-21(2,3)26-19(28)13-23-20(22-12-18(27)24-14-5-6-14)25-15-7-8-16-17(11-15)30-10-4-9-29-16/h7-8,11,14H,4-6,9-10,12-13H2,1-3H3,(H,24,27)(H,26,28)(H2,22,23,25). The molecule has 0 bridgehead atoms. The topological polar surface area (TPSA) is 113 Å². The smallest absolute Gasteiger partial charge is 0.242 e. The van der Waals surface area contributed by atoms with Gasteiger partial charge in [-0.2, -0.15) is 0 Å². The molecule has 0 saturated heterocycles. The summed E-state index contributed by atoms with van der Waals surface area (Å²) in [6.07, 6.45) is 2.87.